The van der Waals surface area contributed by atoms with Gasteiger partial charge in [-0.15, -0.1) is 0 Å². The van der Waals surface area contributed by atoms with Gasteiger partial charge in [-0.05, 0) is 70.8 Å². The second kappa shape index (κ2) is 10.7. The van der Waals surface area contributed by atoms with Crippen LogP contribution in [0.3, 0.4) is 0 Å². The number of nitrogens with zero attached hydrogens (tertiary/aromatic N) is 2. The number of hydrogen-bond donors (Lipinski definition) is 1. The molecule has 1 aromatic heterocycles. The van der Waals surface area contributed by atoms with E-state index < -0.39 is 11.9 Å². The van der Waals surface area contributed by atoms with Crippen LogP contribution in [0, 0.1) is 17.8 Å². The van der Waals surface area contributed by atoms with E-state index >= 15 is 0 Å². The number of piperidine rings is 1. The van der Waals surface area contributed by atoms with Gasteiger partial charge < -0.3 is 24.1 Å². The fraction of sp³-hybridized carbons (Fsp3) is 0.727. The van der Waals surface area contributed by atoms with Gasteiger partial charge in [0.2, 0.25) is 0 Å². The van der Waals surface area contributed by atoms with Crippen LogP contribution >= 0.6 is 0 Å². The molecule has 1 N–H and O–H groups in total. The maximum absolute atomic E-state index is 12.6. The quantitative estimate of drug-likeness (QED) is 0.489. The highest BCUT2D eigenvalue weighted by atomic mass is 16.5. The van der Waals surface area contributed by atoms with Crippen LogP contribution < -0.4 is 5.32 Å². The van der Waals surface area contributed by atoms with Crippen LogP contribution in [0.2, 0.25) is 0 Å². The number of hydrogen-bond acceptors (Lipinski definition) is 8. The third-order valence-corrected chi connectivity index (χ3v) is 6.21. The summed E-state index contributed by atoms with van der Waals surface area (Å²) in [5, 5.41) is 3.33. The van der Waals surface area contributed by atoms with Crippen molar-refractivity contribution in [3.05, 3.63) is 17.7 Å². The SMILES string of the molecule is CCOC(=O)c1ncn(CC2CCC3CNC(C(=O)OCC)CC3C2)c1C(=O)OCC. The van der Waals surface area contributed by atoms with E-state index in [-0.39, 0.29) is 36.6 Å². The average molecular weight is 436 g/mol. The summed E-state index contributed by atoms with van der Waals surface area (Å²) in [6.45, 7) is 7.44. The minimum Gasteiger partial charge on any atom is -0.465 e. The number of carbonyl (C=O) groups is 3. The van der Waals surface area contributed by atoms with Gasteiger partial charge >= 0.3 is 17.9 Å². The molecule has 1 aromatic rings. The number of fused-ring (bicyclic) bond motifs is 1. The molecule has 9 nitrogen and oxygen atoms in total. The topological polar surface area (TPSA) is 109 Å². The lowest BCUT2D eigenvalue weighted by Crippen LogP contribution is -2.50. The van der Waals surface area contributed by atoms with Gasteiger partial charge in [0.25, 0.3) is 0 Å². The molecular formula is C22H33N3O6. The second-order valence-electron chi connectivity index (χ2n) is 8.18. The molecule has 2 aliphatic rings. The Balaban J connectivity index is 1.71. The summed E-state index contributed by atoms with van der Waals surface area (Å²) in [7, 11) is 0. The van der Waals surface area contributed by atoms with E-state index in [0.29, 0.717) is 30.9 Å². The van der Waals surface area contributed by atoms with E-state index in [4.69, 9.17) is 14.2 Å². The summed E-state index contributed by atoms with van der Waals surface area (Å²) < 4.78 is 17.1. The minimum atomic E-state index is -0.622. The largest absolute Gasteiger partial charge is 0.465 e. The number of nitrogens with one attached hydrogen (secondary N) is 1. The van der Waals surface area contributed by atoms with Gasteiger partial charge in [-0.2, -0.15) is 0 Å². The van der Waals surface area contributed by atoms with Gasteiger partial charge in [0.15, 0.2) is 11.4 Å². The molecule has 3 rings (SSSR count). The molecule has 1 saturated heterocycles. The highest BCUT2D eigenvalue weighted by Gasteiger charge is 2.38. The molecule has 0 spiro atoms. The first-order valence-electron chi connectivity index (χ1n) is 11.3. The lowest BCUT2D eigenvalue weighted by molar-refractivity contribution is -0.147. The number of esters is 3. The number of rotatable bonds is 8. The summed E-state index contributed by atoms with van der Waals surface area (Å²) in [5.41, 5.74) is 0.148. The molecule has 172 valence electrons. The van der Waals surface area contributed by atoms with E-state index in [2.05, 4.69) is 10.3 Å². The van der Waals surface area contributed by atoms with Crippen LogP contribution in [-0.4, -0.2) is 59.9 Å². The van der Waals surface area contributed by atoms with Crippen LogP contribution in [0.15, 0.2) is 6.33 Å². The molecular weight excluding hydrogens is 402 g/mol. The van der Waals surface area contributed by atoms with Crippen molar-refractivity contribution in [2.24, 2.45) is 17.8 Å². The zero-order chi connectivity index (χ0) is 22.4. The fourth-order valence-electron chi connectivity index (χ4n) is 4.81. The standard InChI is InChI=1S/C22H33N3O6/c1-4-29-20(26)17-10-16-9-14(7-8-15(16)11-23-17)12-25-13-24-18(21(27)30-5-2)19(25)22(28)31-6-3/h13-17,23H,4-12H2,1-3H3. The molecule has 0 bridgehead atoms. The monoisotopic (exact) mass is 435 g/mol. The molecule has 2 heterocycles. The Hall–Kier alpha value is -2.42. The van der Waals surface area contributed by atoms with Crippen molar-refractivity contribution in [1.82, 2.24) is 14.9 Å². The second-order valence-corrected chi connectivity index (χ2v) is 8.18. The third-order valence-electron chi connectivity index (χ3n) is 6.21. The van der Waals surface area contributed by atoms with E-state index in [9.17, 15) is 14.4 Å². The molecule has 1 saturated carbocycles. The van der Waals surface area contributed by atoms with Gasteiger partial charge in [-0.1, -0.05) is 0 Å². The smallest absolute Gasteiger partial charge is 0.359 e. The zero-order valence-electron chi connectivity index (χ0n) is 18.6. The van der Waals surface area contributed by atoms with Gasteiger partial charge in [0.1, 0.15) is 6.04 Å². The van der Waals surface area contributed by atoms with E-state index in [0.717, 1.165) is 32.2 Å². The first kappa shape index (κ1) is 23.2. The Morgan fingerprint density at radius 2 is 1.71 bits per heavy atom. The average Bonchev–Trinajstić information content (AvgIpc) is 3.17. The van der Waals surface area contributed by atoms with Gasteiger partial charge in [0, 0.05) is 6.54 Å². The van der Waals surface area contributed by atoms with E-state index in [1.165, 1.54) is 6.33 Å². The van der Waals surface area contributed by atoms with E-state index in [1.54, 1.807) is 18.4 Å². The highest BCUT2D eigenvalue weighted by molar-refractivity contribution is 6.00. The summed E-state index contributed by atoms with van der Waals surface area (Å²) >= 11 is 0. The van der Waals surface area contributed by atoms with Gasteiger partial charge in [0.05, 0.1) is 26.1 Å². The first-order chi connectivity index (χ1) is 15.0. The van der Waals surface area contributed by atoms with Crippen molar-refractivity contribution in [3.63, 3.8) is 0 Å². The summed E-state index contributed by atoms with van der Waals surface area (Å²) in [6, 6.07) is -0.251. The van der Waals surface area contributed by atoms with Crippen LogP contribution in [0.5, 0.6) is 0 Å². The normalized spacial score (nSPS) is 25.4. The number of carbonyl (C=O) groups excluding carboxylic acids is 3. The molecule has 4 atom stereocenters. The Labute approximate surface area is 182 Å². The highest BCUT2D eigenvalue weighted by Crippen LogP contribution is 2.39. The summed E-state index contributed by atoms with van der Waals surface area (Å²) in [6.07, 6.45) is 5.32. The van der Waals surface area contributed by atoms with Crippen molar-refractivity contribution in [1.29, 1.82) is 0 Å². The Kier molecular flexibility index (Phi) is 8.06. The number of ether oxygens (including phenoxy) is 3. The van der Waals surface area contributed by atoms with Crippen LogP contribution in [-0.2, 0) is 25.5 Å². The molecule has 0 aromatic carbocycles. The molecule has 9 heteroatoms. The maximum atomic E-state index is 12.6. The van der Waals surface area contributed by atoms with Crippen molar-refractivity contribution >= 4 is 17.9 Å². The van der Waals surface area contributed by atoms with E-state index in [1.807, 2.05) is 6.92 Å². The molecule has 4 unspecified atom stereocenters. The lowest BCUT2D eigenvalue weighted by atomic mass is 9.69. The zero-order valence-corrected chi connectivity index (χ0v) is 18.6. The van der Waals surface area contributed by atoms with Crippen LogP contribution in [0.1, 0.15) is 67.4 Å². The maximum Gasteiger partial charge on any atom is 0.359 e. The third kappa shape index (κ3) is 5.44. The Morgan fingerprint density at radius 1 is 1.00 bits per heavy atom. The lowest BCUT2D eigenvalue weighted by Gasteiger charge is -2.42. The Morgan fingerprint density at radius 3 is 2.42 bits per heavy atom. The summed E-state index contributed by atoms with van der Waals surface area (Å²) in [4.78, 5) is 41.1. The van der Waals surface area contributed by atoms with Crippen molar-refractivity contribution in [2.75, 3.05) is 26.4 Å². The molecule has 31 heavy (non-hydrogen) atoms. The summed E-state index contributed by atoms with van der Waals surface area (Å²) in [5.74, 6) is -0.0802. The predicted octanol–water partition coefficient (Wildman–Crippen LogP) is 2.19. The molecule has 2 fully saturated rings. The molecule has 0 radical (unpaired) electrons. The van der Waals surface area contributed by atoms with Crippen molar-refractivity contribution in [3.8, 4) is 0 Å². The van der Waals surface area contributed by atoms with Crippen LogP contribution in [0.4, 0.5) is 0 Å². The van der Waals surface area contributed by atoms with Crippen molar-refractivity contribution < 1.29 is 28.6 Å². The predicted molar refractivity (Wildman–Crippen MR) is 112 cm³/mol. The molecule has 0 amide bonds. The molecule has 1 aliphatic carbocycles. The van der Waals surface area contributed by atoms with Gasteiger partial charge in [-0.25, -0.2) is 14.6 Å². The Bertz CT molecular complexity index is 792. The minimum absolute atomic E-state index is 0.00164. The van der Waals surface area contributed by atoms with Crippen LogP contribution in [0.25, 0.3) is 0 Å². The number of imidazole rings is 1. The fourth-order valence-corrected chi connectivity index (χ4v) is 4.81. The first-order valence-corrected chi connectivity index (χ1v) is 11.3. The van der Waals surface area contributed by atoms with Gasteiger partial charge in [-0.3, -0.25) is 4.79 Å². The van der Waals surface area contributed by atoms with Crippen molar-refractivity contribution in [2.45, 2.75) is 59.0 Å². The number of aromatic nitrogens is 2. The molecule has 1 aliphatic heterocycles.